The summed E-state index contributed by atoms with van der Waals surface area (Å²) in [6, 6.07) is 2.27. The van der Waals surface area contributed by atoms with Gasteiger partial charge in [-0.1, -0.05) is 31.9 Å². The van der Waals surface area contributed by atoms with Gasteiger partial charge in [0.2, 0.25) is 11.8 Å². The van der Waals surface area contributed by atoms with Crippen LogP contribution in [-0.4, -0.2) is 65.7 Å². The van der Waals surface area contributed by atoms with Gasteiger partial charge in [0.1, 0.15) is 13.2 Å². The van der Waals surface area contributed by atoms with E-state index >= 15 is 0 Å². The minimum absolute atomic E-state index is 0.128. The SMILES string of the molecule is CCCC[Si](C)(C)O[Si](C)(C)CCCOCCOC(=O)CN1C(=O)[C@@H]2C3C=CC(C3)[C@@H]2C1=O. The highest BCUT2D eigenvalue weighted by Gasteiger charge is 2.59. The zero-order valence-corrected chi connectivity index (χ0v) is 22.9. The predicted molar refractivity (Wildman–Crippen MR) is 131 cm³/mol. The summed E-state index contributed by atoms with van der Waals surface area (Å²) in [6.07, 6.45) is 8.35. The van der Waals surface area contributed by atoms with Crippen LogP contribution >= 0.6 is 0 Å². The first kappa shape index (κ1) is 26.3. The van der Waals surface area contributed by atoms with Gasteiger partial charge in [-0.25, -0.2) is 0 Å². The molecule has 2 unspecified atom stereocenters. The molecule has 2 aliphatic carbocycles. The molecule has 7 nitrogen and oxygen atoms in total. The zero-order valence-electron chi connectivity index (χ0n) is 20.9. The average molecular weight is 496 g/mol. The number of hydrogen-bond donors (Lipinski definition) is 0. The molecular formula is C24H41NO6Si2. The van der Waals surface area contributed by atoms with Crippen molar-refractivity contribution in [3.63, 3.8) is 0 Å². The smallest absolute Gasteiger partial charge is 0.326 e. The molecule has 186 valence electrons. The van der Waals surface area contributed by atoms with Crippen LogP contribution in [0.3, 0.4) is 0 Å². The first-order chi connectivity index (χ1) is 15.5. The minimum atomic E-state index is -1.70. The molecule has 3 rings (SSSR count). The Morgan fingerprint density at radius 1 is 0.939 bits per heavy atom. The summed E-state index contributed by atoms with van der Waals surface area (Å²) < 4.78 is 17.4. The molecule has 4 atom stereocenters. The van der Waals surface area contributed by atoms with Gasteiger partial charge in [-0.05, 0) is 63.0 Å². The Balaban J connectivity index is 1.27. The maximum Gasteiger partial charge on any atom is 0.326 e. The third-order valence-corrected chi connectivity index (χ3v) is 14.6. The van der Waals surface area contributed by atoms with E-state index in [2.05, 4.69) is 33.1 Å². The van der Waals surface area contributed by atoms with Crippen LogP contribution in [0.25, 0.3) is 0 Å². The lowest BCUT2D eigenvalue weighted by Gasteiger charge is -2.34. The highest BCUT2D eigenvalue weighted by atomic mass is 28.4. The Labute approximate surface area is 200 Å². The summed E-state index contributed by atoms with van der Waals surface area (Å²) in [5.74, 6) is -1.25. The Morgan fingerprint density at radius 3 is 2.09 bits per heavy atom. The molecule has 1 aliphatic heterocycles. The van der Waals surface area contributed by atoms with Gasteiger partial charge in [0.05, 0.1) is 18.4 Å². The highest BCUT2D eigenvalue weighted by Crippen LogP contribution is 2.52. The van der Waals surface area contributed by atoms with E-state index in [-0.39, 0.29) is 48.6 Å². The second-order valence-electron chi connectivity index (χ2n) is 10.9. The number of unbranched alkanes of at least 4 members (excludes halogenated alkanes) is 1. The second-order valence-corrected chi connectivity index (χ2v) is 19.8. The first-order valence-corrected chi connectivity index (χ1v) is 18.7. The predicted octanol–water partition coefficient (Wildman–Crippen LogP) is 3.97. The summed E-state index contributed by atoms with van der Waals surface area (Å²) in [7, 11) is -3.28. The van der Waals surface area contributed by atoms with E-state index in [0.717, 1.165) is 23.8 Å². The summed E-state index contributed by atoms with van der Waals surface area (Å²) in [6.45, 7) is 12.2. The number of hydrogen-bond acceptors (Lipinski definition) is 6. The van der Waals surface area contributed by atoms with Crippen LogP contribution in [-0.2, 0) is 28.0 Å². The molecule has 2 fully saturated rings. The van der Waals surface area contributed by atoms with Crippen molar-refractivity contribution < 1.29 is 28.0 Å². The molecule has 1 saturated heterocycles. The molecule has 0 radical (unpaired) electrons. The number of carbonyl (C=O) groups is 3. The fraction of sp³-hybridized carbons (Fsp3) is 0.792. The highest BCUT2D eigenvalue weighted by molar-refractivity contribution is 6.84. The fourth-order valence-corrected chi connectivity index (χ4v) is 14.7. The van der Waals surface area contributed by atoms with Gasteiger partial charge in [0.15, 0.2) is 16.6 Å². The van der Waals surface area contributed by atoms with Crippen LogP contribution < -0.4 is 0 Å². The normalized spacial score (nSPS) is 26.4. The van der Waals surface area contributed by atoms with Crippen molar-refractivity contribution in [3.05, 3.63) is 12.2 Å². The molecular weight excluding hydrogens is 454 g/mol. The monoisotopic (exact) mass is 495 g/mol. The van der Waals surface area contributed by atoms with Gasteiger partial charge in [-0.2, -0.15) is 0 Å². The van der Waals surface area contributed by atoms with Crippen molar-refractivity contribution in [2.75, 3.05) is 26.4 Å². The Kier molecular flexibility index (Phi) is 8.74. The second kappa shape index (κ2) is 11.0. The third kappa shape index (κ3) is 6.64. The van der Waals surface area contributed by atoms with Crippen LogP contribution in [0.5, 0.6) is 0 Å². The molecule has 0 spiro atoms. The number of carbonyl (C=O) groups excluding carboxylic acids is 3. The Morgan fingerprint density at radius 2 is 1.52 bits per heavy atom. The summed E-state index contributed by atoms with van der Waals surface area (Å²) in [5.41, 5.74) is 0. The molecule has 0 aromatic rings. The number of nitrogens with zero attached hydrogens (tertiary/aromatic N) is 1. The van der Waals surface area contributed by atoms with Gasteiger partial charge in [0, 0.05) is 6.61 Å². The van der Waals surface area contributed by atoms with Gasteiger partial charge in [-0.3, -0.25) is 19.3 Å². The quantitative estimate of drug-likeness (QED) is 0.119. The van der Waals surface area contributed by atoms with E-state index in [1.54, 1.807) is 0 Å². The van der Waals surface area contributed by atoms with Crippen molar-refractivity contribution >= 4 is 34.4 Å². The lowest BCUT2D eigenvalue weighted by atomic mass is 9.85. The molecule has 3 aliphatic rings. The maximum absolute atomic E-state index is 12.6. The molecule has 0 N–H and O–H groups in total. The fourth-order valence-electron chi connectivity index (χ4n) is 5.66. The topological polar surface area (TPSA) is 82.1 Å². The standard InChI is InChI=1S/C24H41NO6Si2/c1-6-7-14-32(2,3)31-33(4,5)15-8-11-29-12-13-30-20(26)17-25-23(27)21-18-9-10-19(16-18)22(21)24(25)28/h9-10,18-19,21-22H,6-8,11-17H2,1-5H3/t18?,19?,21-,22+. The van der Waals surface area contributed by atoms with Gasteiger partial charge in [0.25, 0.3) is 0 Å². The van der Waals surface area contributed by atoms with E-state index in [0.29, 0.717) is 13.2 Å². The van der Waals surface area contributed by atoms with Crippen molar-refractivity contribution in [3.8, 4) is 0 Å². The van der Waals surface area contributed by atoms with Gasteiger partial charge >= 0.3 is 5.97 Å². The average Bonchev–Trinajstić information content (AvgIpc) is 3.41. The van der Waals surface area contributed by atoms with Gasteiger partial charge < -0.3 is 13.6 Å². The lowest BCUT2D eigenvalue weighted by molar-refractivity contribution is -0.154. The molecule has 2 amide bonds. The molecule has 1 heterocycles. The van der Waals surface area contributed by atoms with Crippen molar-refractivity contribution in [1.82, 2.24) is 4.90 Å². The van der Waals surface area contributed by atoms with E-state index in [4.69, 9.17) is 13.6 Å². The Bertz CT molecular complexity index is 738. The van der Waals surface area contributed by atoms with Crippen LogP contribution in [0.2, 0.25) is 38.3 Å². The van der Waals surface area contributed by atoms with E-state index < -0.39 is 22.6 Å². The van der Waals surface area contributed by atoms with E-state index in [9.17, 15) is 14.4 Å². The van der Waals surface area contributed by atoms with Gasteiger partial charge in [-0.15, -0.1) is 0 Å². The van der Waals surface area contributed by atoms with Crippen LogP contribution in [0.15, 0.2) is 12.2 Å². The van der Waals surface area contributed by atoms with Crippen molar-refractivity contribution in [2.24, 2.45) is 23.7 Å². The minimum Gasteiger partial charge on any atom is -0.462 e. The molecule has 1 saturated carbocycles. The van der Waals surface area contributed by atoms with Crippen LogP contribution in [0.4, 0.5) is 0 Å². The zero-order chi connectivity index (χ0) is 24.2. The first-order valence-electron chi connectivity index (χ1n) is 12.5. The van der Waals surface area contributed by atoms with Crippen LogP contribution in [0, 0.1) is 23.7 Å². The summed E-state index contributed by atoms with van der Waals surface area (Å²) in [4.78, 5) is 38.5. The van der Waals surface area contributed by atoms with Crippen LogP contribution in [0.1, 0.15) is 32.6 Å². The van der Waals surface area contributed by atoms with E-state index in [1.165, 1.54) is 18.9 Å². The molecule has 2 bridgehead atoms. The molecule has 0 aromatic carbocycles. The number of likely N-dealkylation sites (tertiary alicyclic amines) is 1. The maximum atomic E-state index is 12.6. The number of allylic oxidation sites excluding steroid dienone is 2. The van der Waals surface area contributed by atoms with Crippen molar-refractivity contribution in [1.29, 1.82) is 0 Å². The third-order valence-electron chi connectivity index (χ3n) is 7.09. The molecule has 0 aromatic heterocycles. The number of ether oxygens (including phenoxy) is 2. The van der Waals surface area contributed by atoms with Crippen molar-refractivity contribution in [2.45, 2.75) is 70.9 Å². The number of fused-ring (bicyclic) bond motifs is 5. The number of esters is 1. The van der Waals surface area contributed by atoms with E-state index in [1.807, 2.05) is 12.2 Å². The number of imide groups is 1. The lowest BCUT2D eigenvalue weighted by Crippen LogP contribution is -2.44. The number of rotatable bonds is 14. The Hall–Kier alpha value is -1.30. The molecule has 9 heteroatoms. The molecule has 33 heavy (non-hydrogen) atoms. The number of amides is 2. The largest absolute Gasteiger partial charge is 0.462 e. The summed E-state index contributed by atoms with van der Waals surface area (Å²) in [5, 5.41) is 0. The summed E-state index contributed by atoms with van der Waals surface area (Å²) >= 11 is 0.